The first kappa shape index (κ1) is 17.3. The van der Waals surface area contributed by atoms with Crippen molar-refractivity contribution >= 4 is 11.6 Å². The van der Waals surface area contributed by atoms with Gasteiger partial charge < -0.3 is 22.1 Å². The second kappa shape index (κ2) is 6.21. The number of aromatic nitrogens is 2. The summed E-state index contributed by atoms with van der Waals surface area (Å²) in [5.74, 6) is 0.679. The van der Waals surface area contributed by atoms with Crippen LogP contribution in [0.25, 0.3) is 0 Å². The van der Waals surface area contributed by atoms with Crippen LogP contribution in [0.3, 0.4) is 0 Å². The summed E-state index contributed by atoms with van der Waals surface area (Å²) >= 11 is 0. The van der Waals surface area contributed by atoms with E-state index in [1.807, 2.05) is 35.6 Å². The van der Waals surface area contributed by atoms with Gasteiger partial charge in [0.2, 0.25) is 5.72 Å². The number of aliphatic hydroxyl groups is 1. The van der Waals surface area contributed by atoms with Crippen LogP contribution in [0.5, 0.6) is 0 Å². The molecule has 1 N–H and O–H groups in total. The fourth-order valence-corrected chi connectivity index (χ4v) is 2.93. The number of fused-ring (bicyclic) bond motifs is 1. The highest BCUT2D eigenvalue weighted by Gasteiger charge is 2.52. The highest BCUT2D eigenvalue weighted by Crippen LogP contribution is 2.35. The molecule has 0 radical (unpaired) electrons. The van der Waals surface area contributed by atoms with Gasteiger partial charge in [0.1, 0.15) is 12.7 Å². The normalized spacial score (nSPS) is 19.4. The first-order chi connectivity index (χ1) is 10.4. The Morgan fingerprint density at radius 2 is 2.04 bits per heavy atom. The average Bonchev–Trinajstić information content (AvgIpc) is 2.80. The zero-order valence-electron chi connectivity index (χ0n) is 12.8. The van der Waals surface area contributed by atoms with Crippen molar-refractivity contribution in [3.8, 4) is 0 Å². The van der Waals surface area contributed by atoms with Gasteiger partial charge in [-0.25, -0.2) is 9.47 Å². The van der Waals surface area contributed by atoms with E-state index in [4.69, 9.17) is 0 Å². The van der Waals surface area contributed by atoms with Crippen molar-refractivity contribution in [2.75, 3.05) is 4.90 Å². The maximum Gasteiger partial charge on any atom is 0.397 e. The topological polar surface area (TPSA) is 83.4 Å². The lowest BCUT2D eigenvalue weighted by atomic mass is 10.0. The molecule has 1 aromatic heterocycles. The van der Waals surface area contributed by atoms with E-state index >= 15 is 0 Å². The van der Waals surface area contributed by atoms with E-state index in [0.29, 0.717) is 18.1 Å². The summed E-state index contributed by atoms with van der Waals surface area (Å²) in [4.78, 5) is 16.5. The molecule has 0 amide bonds. The Hall–Kier alpha value is -2.06. The maximum absolute atomic E-state index is 11.2. The predicted octanol–water partition coefficient (Wildman–Crippen LogP) is -1.64. The second-order valence-corrected chi connectivity index (χ2v) is 5.63. The lowest BCUT2D eigenvalue weighted by molar-refractivity contribution is -0.685. The van der Waals surface area contributed by atoms with E-state index in [1.54, 1.807) is 18.3 Å². The molecule has 1 aliphatic rings. The van der Waals surface area contributed by atoms with Crippen molar-refractivity contribution in [3.05, 3.63) is 58.4 Å². The molecule has 0 spiro atoms. The van der Waals surface area contributed by atoms with Crippen LogP contribution in [0.1, 0.15) is 19.4 Å². The fourth-order valence-electron chi connectivity index (χ4n) is 2.93. The quantitative estimate of drug-likeness (QED) is 0.392. The van der Waals surface area contributed by atoms with Gasteiger partial charge in [0.25, 0.3) is 5.69 Å². The summed E-state index contributed by atoms with van der Waals surface area (Å²) in [6.07, 6.45) is 3.55. The van der Waals surface area contributed by atoms with Gasteiger partial charge in [0.05, 0.1) is 17.2 Å². The van der Waals surface area contributed by atoms with E-state index in [1.165, 1.54) is 12.1 Å². The second-order valence-electron chi connectivity index (χ2n) is 5.63. The molecule has 0 aliphatic carbocycles. The minimum absolute atomic E-state index is 0. The molecule has 3 rings (SSSR count). The average molecular weight is 381 g/mol. The molecule has 0 saturated heterocycles. The van der Waals surface area contributed by atoms with Crippen LogP contribution in [-0.2, 0) is 12.3 Å². The Morgan fingerprint density at radius 1 is 1.39 bits per heavy atom. The third-order valence-electron chi connectivity index (χ3n) is 3.86. The number of non-ortho nitro benzene ring substituents is 1. The largest absolute Gasteiger partial charge is 1.00 e. The van der Waals surface area contributed by atoms with E-state index in [-0.39, 0.29) is 28.7 Å². The summed E-state index contributed by atoms with van der Waals surface area (Å²) in [5, 5.41) is 22.0. The molecule has 7 nitrogen and oxygen atoms in total. The highest BCUT2D eigenvalue weighted by molar-refractivity contribution is 5.42. The van der Waals surface area contributed by atoms with Crippen LogP contribution < -0.4 is 26.4 Å². The molecular formula is C15H17BrN4O3. The number of halogens is 1. The molecule has 8 heteroatoms. The molecule has 0 bridgehead atoms. The first-order valence-electron chi connectivity index (χ1n) is 7.04. The number of hydrogen-bond acceptors (Lipinski definition) is 5. The molecule has 0 fully saturated rings. The van der Waals surface area contributed by atoms with Crippen molar-refractivity contribution in [1.29, 1.82) is 0 Å². The first-order valence-corrected chi connectivity index (χ1v) is 7.04. The lowest BCUT2D eigenvalue weighted by Crippen LogP contribution is -3.00. The molecular weight excluding hydrogens is 364 g/mol. The Labute approximate surface area is 144 Å². The van der Waals surface area contributed by atoms with Crippen molar-refractivity contribution in [2.45, 2.75) is 32.2 Å². The molecule has 1 unspecified atom stereocenters. The number of nitrogens with zero attached hydrogens (tertiary/aromatic N) is 4. The van der Waals surface area contributed by atoms with E-state index in [9.17, 15) is 15.2 Å². The zero-order valence-corrected chi connectivity index (χ0v) is 14.3. The van der Waals surface area contributed by atoms with Gasteiger partial charge in [0, 0.05) is 23.8 Å². The monoisotopic (exact) mass is 380 g/mol. The van der Waals surface area contributed by atoms with Gasteiger partial charge in [-0.15, -0.1) is 0 Å². The molecule has 1 aliphatic heterocycles. The van der Waals surface area contributed by atoms with Crippen molar-refractivity contribution in [2.24, 2.45) is 0 Å². The van der Waals surface area contributed by atoms with Gasteiger partial charge in [-0.3, -0.25) is 10.1 Å². The summed E-state index contributed by atoms with van der Waals surface area (Å²) < 4.78 is 1.88. The van der Waals surface area contributed by atoms with Gasteiger partial charge in [-0.1, -0.05) is 4.98 Å². The number of nitro groups is 1. The van der Waals surface area contributed by atoms with Crippen molar-refractivity contribution in [3.63, 3.8) is 0 Å². The Morgan fingerprint density at radius 3 is 2.61 bits per heavy atom. The summed E-state index contributed by atoms with van der Waals surface area (Å²) in [5.41, 5.74) is -0.660. The third kappa shape index (κ3) is 2.79. The lowest BCUT2D eigenvalue weighted by Gasteiger charge is -2.31. The van der Waals surface area contributed by atoms with Crippen LogP contribution in [0.2, 0.25) is 0 Å². The van der Waals surface area contributed by atoms with Crippen molar-refractivity contribution in [1.82, 2.24) is 4.98 Å². The van der Waals surface area contributed by atoms with E-state index < -0.39 is 10.6 Å². The van der Waals surface area contributed by atoms with Gasteiger partial charge in [0.15, 0.2) is 0 Å². The Bertz CT molecular complexity index is 723. The minimum Gasteiger partial charge on any atom is -1.00 e. The van der Waals surface area contributed by atoms with Crippen LogP contribution in [0.15, 0.2) is 42.7 Å². The predicted molar refractivity (Wildman–Crippen MR) is 79.0 cm³/mol. The summed E-state index contributed by atoms with van der Waals surface area (Å²) in [6, 6.07) is 7.84. The van der Waals surface area contributed by atoms with Gasteiger partial charge in [-0.05, 0) is 26.0 Å². The van der Waals surface area contributed by atoms with E-state index in [0.717, 1.165) is 0 Å². The number of anilines is 1. The summed E-state index contributed by atoms with van der Waals surface area (Å²) in [7, 11) is 0. The standard InChI is InChI=1S/C15H17N4O3.BrH/c1-11(2)18-14-16-8-3-9-17(14)10-15(18,20)12-4-6-13(7-5-12)19(21)22;/h3-9,11,20H,10H2,1-2H3;1H/q+1;/p-1. The molecule has 2 aromatic rings. The molecule has 0 saturated carbocycles. The fraction of sp³-hybridized carbons (Fsp3) is 0.333. The van der Waals surface area contributed by atoms with Crippen molar-refractivity contribution < 1.29 is 31.6 Å². The van der Waals surface area contributed by atoms with Gasteiger partial charge >= 0.3 is 5.95 Å². The molecule has 122 valence electrons. The smallest absolute Gasteiger partial charge is 0.397 e. The Balaban J connectivity index is 0.00000192. The summed E-state index contributed by atoms with van der Waals surface area (Å²) in [6.45, 7) is 4.27. The Kier molecular flexibility index (Phi) is 4.67. The molecule has 1 aromatic carbocycles. The zero-order chi connectivity index (χ0) is 15.9. The van der Waals surface area contributed by atoms with Crippen LogP contribution in [0.4, 0.5) is 11.6 Å². The number of benzene rings is 1. The molecule has 1 atom stereocenters. The molecule has 23 heavy (non-hydrogen) atoms. The number of hydrogen-bond donors (Lipinski definition) is 1. The molecule has 2 heterocycles. The van der Waals surface area contributed by atoms with Crippen LogP contribution in [-0.4, -0.2) is 21.1 Å². The maximum atomic E-state index is 11.2. The third-order valence-corrected chi connectivity index (χ3v) is 3.86. The number of rotatable bonds is 3. The van der Waals surface area contributed by atoms with Crippen LogP contribution >= 0.6 is 0 Å². The minimum atomic E-state index is -1.27. The van der Waals surface area contributed by atoms with Crippen LogP contribution in [0, 0.1) is 10.1 Å². The number of nitro benzene ring substituents is 1. The SMILES string of the molecule is CC(C)N1c2nccc[n+]2CC1(O)c1ccc([N+](=O)[O-])cc1.[Br-]. The highest BCUT2D eigenvalue weighted by atomic mass is 79.9. The van der Waals surface area contributed by atoms with Gasteiger partial charge in [-0.2, -0.15) is 0 Å². The van der Waals surface area contributed by atoms with E-state index in [2.05, 4.69) is 4.98 Å².